The molecule has 0 saturated carbocycles. The lowest BCUT2D eigenvalue weighted by Crippen LogP contribution is -2.58. The fraction of sp³-hybridized carbons (Fsp3) is 0.684. The number of rotatable bonds is 18. The van der Waals surface area contributed by atoms with Crippen LogP contribution in [0, 0.1) is 0 Å². The molecule has 0 rings (SSSR count). The minimum atomic E-state index is -1.50. The van der Waals surface area contributed by atoms with Crippen molar-refractivity contribution in [3.05, 3.63) is 0 Å². The van der Waals surface area contributed by atoms with Gasteiger partial charge in [0.25, 0.3) is 0 Å². The first-order chi connectivity index (χ1) is 15.9. The summed E-state index contributed by atoms with van der Waals surface area (Å²) >= 11 is 2.86. The number of hydrogen-bond acceptors (Lipinski definition) is 9. The third kappa shape index (κ3) is 13.3. The van der Waals surface area contributed by atoms with Gasteiger partial charge in [-0.05, 0) is 43.3 Å². The number of primary amides is 2. The number of carbonyl (C=O) groups is 6. The predicted octanol–water partition coefficient (Wildman–Crippen LogP) is -2.50. The molecule has 0 saturated heterocycles. The minimum absolute atomic E-state index is 0.116. The smallest absolute Gasteiger partial charge is 0.326 e. The average molecular weight is 523 g/mol. The van der Waals surface area contributed by atoms with E-state index in [1.54, 1.807) is 6.26 Å². The van der Waals surface area contributed by atoms with E-state index in [4.69, 9.17) is 17.2 Å². The van der Waals surface area contributed by atoms with Gasteiger partial charge in [-0.15, -0.1) is 0 Å². The zero-order chi connectivity index (χ0) is 26.3. The van der Waals surface area contributed by atoms with E-state index in [-0.39, 0.29) is 19.3 Å². The number of aliphatic carboxylic acids is 1. The number of amides is 5. The fourth-order valence-electron chi connectivity index (χ4n) is 2.66. The monoisotopic (exact) mass is 522 g/mol. The maximum absolute atomic E-state index is 12.8. The molecule has 0 bridgehead atoms. The third-order valence-electron chi connectivity index (χ3n) is 4.55. The van der Waals surface area contributed by atoms with E-state index in [0.717, 1.165) is 0 Å². The molecule has 0 fully saturated rings. The maximum atomic E-state index is 12.8. The van der Waals surface area contributed by atoms with Crippen LogP contribution in [0.5, 0.6) is 0 Å². The Hall–Kier alpha value is -2.52. The van der Waals surface area contributed by atoms with Gasteiger partial charge in [0.15, 0.2) is 0 Å². The van der Waals surface area contributed by atoms with Gasteiger partial charge in [0.1, 0.15) is 18.1 Å². The van der Waals surface area contributed by atoms with E-state index in [1.807, 2.05) is 6.26 Å². The molecular formula is C19H34N6O7S2. The Morgan fingerprint density at radius 1 is 0.735 bits per heavy atom. The van der Waals surface area contributed by atoms with Crippen LogP contribution in [-0.2, 0) is 28.8 Å². The van der Waals surface area contributed by atoms with E-state index < -0.39 is 66.1 Å². The second-order valence-electron chi connectivity index (χ2n) is 7.37. The van der Waals surface area contributed by atoms with Crippen LogP contribution in [-0.4, -0.2) is 88.8 Å². The quantitative estimate of drug-likeness (QED) is 0.0998. The van der Waals surface area contributed by atoms with Gasteiger partial charge in [-0.25, -0.2) is 4.79 Å². The SMILES string of the molecule is CSCCC(N)C(=O)NC(CCC(N)=O)C(=O)NC(CC(N)=O)C(=O)NC(CCSC)C(=O)O. The highest BCUT2D eigenvalue weighted by atomic mass is 32.2. The molecule has 10 N–H and O–H groups in total. The molecule has 194 valence electrons. The summed E-state index contributed by atoms with van der Waals surface area (Å²) in [6.45, 7) is 0. The molecule has 0 aromatic carbocycles. The molecule has 0 aliphatic rings. The van der Waals surface area contributed by atoms with Crippen molar-refractivity contribution in [2.45, 2.75) is 56.3 Å². The summed E-state index contributed by atoms with van der Waals surface area (Å²) in [4.78, 5) is 71.9. The number of carboxylic acids is 1. The van der Waals surface area contributed by atoms with Gasteiger partial charge >= 0.3 is 5.97 Å². The van der Waals surface area contributed by atoms with Crippen molar-refractivity contribution < 1.29 is 33.9 Å². The van der Waals surface area contributed by atoms with Crippen LogP contribution in [0.25, 0.3) is 0 Å². The first-order valence-electron chi connectivity index (χ1n) is 10.4. The molecule has 0 aromatic rings. The first kappa shape index (κ1) is 31.5. The summed E-state index contributed by atoms with van der Waals surface area (Å²) in [6.07, 6.45) is 3.02. The summed E-state index contributed by atoms with van der Waals surface area (Å²) in [5, 5.41) is 16.3. The molecule has 0 aromatic heterocycles. The van der Waals surface area contributed by atoms with E-state index in [1.165, 1.54) is 23.5 Å². The second-order valence-corrected chi connectivity index (χ2v) is 9.34. The molecule has 0 spiro atoms. The van der Waals surface area contributed by atoms with Gasteiger partial charge in [0, 0.05) is 6.42 Å². The largest absolute Gasteiger partial charge is 0.480 e. The number of nitrogens with two attached hydrogens (primary N) is 3. The highest BCUT2D eigenvalue weighted by Crippen LogP contribution is 2.05. The Morgan fingerprint density at radius 2 is 1.24 bits per heavy atom. The zero-order valence-electron chi connectivity index (χ0n) is 19.2. The van der Waals surface area contributed by atoms with Crippen molar-refractivity contribution >= 4 is 59.0 Å². The fourth-order valence-corrected chi connectivity index (χ4v) is 3.62. The van der Waals surface area contributed by atoms with Crippen LogP contribution in [0.2, 0.25) is 0 Å². The van der Waals surface area contributed by atoms with Crippen molar-refractivity contribution in [3.8, 4) is 0 Å². The summed E-state index contributed by atoms with van der Waals surface area (Å²) in [5.74, 6) is -4.33. The molecule has 0 radical (unpaired) electrons. The third-order valence-corrected chi connectivity index (χ3v) is 5.83. The van der Waals surface area contributed by atoms with E-state index >= 15 is 0 Å². The van der Waals surface area contributed by atoms with Gasteiger partial charge < -0.3 is 38.3 Å². The lowest BCUT2D eigenvalue weighted by Gasteiger charge is -2.24. The molecule has 0 aliphatic carbocycles. The molecule has 0 heterocycles. The summed E-state index contributed by atoms with van der Waals surface area (Å²) in [7, 11) is 0. The molecule has 5 amide bonds. The molecule has 15 heteroatoms. The Labute approximate surface area is 206 Å². The van der Waals surface area contributed by atoms with E-state index in [0.29, 0.717) is 17.9 Å². The van der Waals surface area contributed by atoms with E-state index in [9.17, 15) is 33.9 Å². The standard InChI is InChI=1S/C19H34N6O7S2/c1-33-7-5-10(20)16(28)23-11(3-4-14(21)26)17(29)25-13(9-15(22)27)18(30)24-12(19(31)32)6-8-34-2/h10-13H,3-9,20H2,1-2H3,(H2,21,26)(H2,22,27)(H,23,28)(H,24,30)(H,25,29)(H,31,32). The highest BCUT2D eigenvalue weighted by Gasteiger charge is 2.31. The van der Waals surface area contributed by atoms with Crippen LogP contribution in [0.1, 0.15) is 32.1 Å². The van der Waals surface area contributed by atoms with Crippen LogP contribution in [0.15, 0.2) is 0 Å². The lowest BCUT2D eigenvalue weighted by atomic mass is 10.1. The molecule has 34 heavy (non-hydrogen) atoms. The van der Waals surface area contributed by atoms with Crippen LogP contribution >= 0.6 is 23.5 Å². The molecule has 4 atom stereocenters. The van der Waals surface area contributed by atoms with Crippen molar-refractivity contribution in [3.63, 3.8) is 0 Å². The number of nitrogens with one attached hydrogen (secondary N) is 3. The van der Waals surface area contributed by atoms with Gasteiger partial charge in [0.2, 0.25) is 29.5 Å². The Morgan fingerprint density at radius 3 is 1.74 bits per heavy atom. The predicted molar refractivity (Wildman–Crippen MR) is 130 cm³/mol. The number of carboxylic acid groups (broad SMARTS) is 1. The normalized spacial score (nSPS) is 14.2. The maximum Gasteiger partial charge on any atom is 0.326 e. The second kappa shape index (κ2) is 17.0. The number of thioether (sulfide) groups is 2. The Kier molecular flexibility index (Phi) is 15.7. The molecule has 0 aliphatic heterocycles. The summed E-state index contributed by atoms with van der Waals surface area (Å²) in [5.41, 5.74) is 16.1. The van der Waals surface area contributed by atoms with Gasteiger partial charge in [-0.1, -0.05) is 0 Å². The van der Waals surface area contributed by atoms with Crippen LogP contribution in [0.3, 0.4) is 0 Å². The summed E-state index contributed by atoms with van der Waals surface area (Å²) < 4.78 is 0. The topological polar surface area (TPSA) is 237 Å². The van der Waals surface area contributed by atoms with Crippen molar-refractivity contribution in [2.24, 2.45) is 17.2 Å². The molecule has 13 nitrogen and oxygen atoms in total. The van der Waals surface area contributed by atoms with Gasteiger partial charge in [-0.3, -0.25) is 24.0 Å². The zero-order valence-corrected chi connectivity index (χ0v) is 20.8. The number of carbonyl (C=O) groups excluding carboxylic acids is 5. The van der Waals surface area contributed by atoms with Crippen molar-refractivity contribution in [1.29, 1.82) is 0 Å². The Balaban J connectivity index is 5.50. The highest BCUT2D eigenvalue weighted by molar-refractivity contribution is 7.98. The first-order valence-corrected chi connectivity index (χ1v) is 13.2. The average Bonchev–Trinajstić information content (AvgIpc) is 2.75. The van der Waals surface area contributed by atoms with Crippen molar-refractivity contribution in [1.82, 2.24) is 16.0 Å². The summed E-state index contributed by atoms with van der Waals surface area (Å²) in [6, 6.07) is -4.93. The van der Waals surface area contributed by atoms with Crippen LogP contribution in [0.4, 0.5) is 0 Å². The van der Waals surface area contributed by atoms with Gasteiger partial charge in [-0.2, -0.15) is 23.5 Å². The van der Waals surface area contributed by atoms with E-state index in [2.05, 4.69) is 16.0 Å². The molecular weight excluding hydrogens is 488 g/mol. The van der Waals surface area contributed by atoms with Crippen molar-refractivity contribution in [2.75, 3.05) is 24.0 Å². The number of hydrogen-bond donors (Lipinski definition) is 7. The van der Waals surface area contributed by atoms with Gasteiger partial charge in [0.05, 0.1) is 12.5 Å². The minimum Gasteiger partial charge on any atom is -0.480 e. The van der Waals surface area contributed by atoms with Crippen LogP contribution < -0.4 is 33.2 Å². The Bertz CT molecular complexity index is 740. The lowest BCUT2D eigenvalue weighted by molar-refractivity contribution is -0.142. The molecule has 4 unspecified atom stereocenters.